The van der Waals surface area contributed by atoms with Crippen molar-refractivity contribution in [2.45, 2.75) is 37.6 Å². The van der Waals surface area contributed by atoms with Crippen molar-refractivity contribution in [2.75, 3.05) is 19.6 Å². The van der Waals surface area contributed by atoms with Gasteiger partial charge in [0.25, 0.3) is 0 Å². The Balaban J connectivity index is 1.44. The summed E-state index contributed by atoms with van der Waals surface area (Å²) in [5.74, 6) is 0.456. The first-order valence-electron chi connectivity index (χ1n) is 9.36. The number of piperidine rings is 1. The number of rotatable bonds is 7. The van der Waals surface area contributed by atoms with E-state index in [0.717, 1.165) is 11.9 Å². The molecule has 9 heteroatoms. The lowest BCUT2D eigenvalue weighted by Gasteiger charge is -2.31. The SMILES string of the molecule is Cc1nccn1CCNC(=O)CC1CCN(S(=O)(=O)c2cccc(F)c2)CC1. The fraction of sp³-hybridized carbons (Fsp3) is 0.474. The summed E-state index contributed by atoms with van der Waals surface area (Å²) in [5.41, 5.74) is 0. The highest BCUT2D eigenvalue weighted by Crippen LogP contribution is 2.25. The molecule has 1 aromatic carbocycles. The highest BCUT2D eigenvalue weighted by molar-refractivity contribution is 7.89. The average molecular weight is 408 g/mol. The minimum atomic E-state index is -3.70. The molecular formula is C19H25FN4O3S. The molecule has 0 aliphatic carbocycles. The lowest BCUT2D eigenvalue weighted by Crippen LogP contribution is -2.39. The van der Waals surface area contributed by atoms with Gasteiger partial charge in [-0.1, -0.05) is 6.07 Å². The third kappa shape index (κ3) is 4.96. The molecule has 0 atom stereocenters. The first-order valence-corrected chi connectivity index (χ1v) is 10.8. The van der Waals surface area contributed by atoms with Crippen molar-refractivity contribution >= 4 is 15.9 Å². The summed E-state index contributed by atoms with van der Waals surface area (Å²) < 4.78 is 41.9. The average Bonchev–Trinajstić information content (AvgIpc) is 3.07. The molecule has 0 saturated carbocycles. The summed E-state index contributed by atoms with van der Waals surface area (Å²) in [6.45, 7) is 3.79. The first-order chi connectivity index (χ1) is 13.4. The number of halogens is 1. The van der Waals surface area contributed by atoms with Crippen molar-refractivity contribution in [1.29, 1.82) is 0 Å². The Labute approximate surface area is 164 Å². The smallest absolute Gasteiger partial charge is 0.243 e. The van der Waals surface area contributed by atoms with Crippen LogP contribution in [0.25, 0.3) is 0 Å². The predicted octanol–water partition coefficient (Wildman–Crippen LogP) is 1.94. The Kier molecular flexibility index (Phi) is 6.46. The molecule has 0 unspecified atom stereocenters. The van der Waals surface area contributed by atoms with Gasteiger partial charge in [0.2, 0.25) is 15.9 Å². The minimum absolute atomic E-state index is 0.0239. The second-order valence-corrected chi connectivity index (χ2v) is 8.96. The molecule has 1 aromatic heterocycles. The van der Waals surface area contributed by atoms with Crippen LogP contribution in [0.3, 0.4) is 0 Å². The standard InChI is InChI=1S/C19H25FN4O3S/c1-15-21-7-11-23(15)12-8-22-19(25)13-16-5-9-24(10-6-16)28(26,27)18-4-2-3-17(20)14-18/h2-4,7,11,14,16H,5-6,8-10,12-13H2,1H3,(H,22,25). The fourth-order valence-corrected chi connectivity index (χ4v) is 4.92. The van der Waals surface area contributed by atoms with E-state index in [-0.39, 0.29) is 16.7 Å². The minimum Gasteiger partial charge on any atom is -0.354 e. The number of aromatic nitrogens is 2. The molecule has 2 heterocycles. The Bertz CT molecular complexity index is 921. The molecular weight excluding hydrogens is 383 g/mol. The molecule has 1 N–H and O–H groups in total. The molecule has 1 fully saturated rings. The van der Waals surface area contributed by atoms with E-state index in [1.807, 2.05) is 17.7 Å². The molecule has 7 nitrogen and oxygen atoms in total. The van der Waals surface area contributed by atoms with Crippen molar-refractivity contribution in [3.63, 3.8) is 0 Å². The van der Waals surface area contributed by atoms with E-state index in [0.29, 0.717) is 45.4 Å². The number of carbonyl (C=O) groups is 1. The molecule has 28 heavy (non-hydrogen) atoms. The molecule has 0 bridgehead atoms. The number of hydrogen-bond acceptors (Lipinski definition) is 4. The molecule has 3 rings (SSSR count). The van der Waals surface area contributed by atoms with E-state index < -0.39 is 15.8 Å². The number of nitrogens with one attached hydrogen (secondary N) is 1. The topological polar surface area (TPSA) is 84.3 Å². The second-order valence-electron chi connectivity index (χ2n) is 7.03. The third-order valence-electron chi connectivity index (χ3n) is 5.08. The maximum atomic E-state index is 13.4. The first kappa shape index (κ1) is 20.5. The van der Waals surface area contributed by atoms with Crippen LogP contribution >= 0.6 is 0 Å². The summed E-state index contributed by atoms with van der Waals surface area (Å²) in [5, 5.41) is 2.91. The van der Waals surface area contributed by atoms with Crippen LogP contribution in [-0.2, 0) is 21.4 Å². The van der Waals surface area contributed by atoms with Crippen LogP contribution < -0.4 is 5.32 Å². The van der Waals surface area contributed by atoms with Gasteiger partial charge in [-0.05, 0) is 43.9 Å². The number of nitrogens with zero attached hydrogens (tertiary/aromatic N) is 3. The van der Waals surface area contributed by atoms with E-state index in [1.165, 1.54) is 22.5 Å². The number of sulfonamides is 1. The number of imidazole rings is 1. The van der Waals surface area contributed by atoms with Gasteiger partial charge in [0.05, 0.1) is 4.90 Å². The van der Waals surface area contributed by atoms with Crippen LogP contribution in [0.5, 0.6) is 0 Å². The van der Waals surface area contributed by atoms with Crippen molar-refractivity contribution < 1.29 is 17.6 Å². The normalized spacial score (nSPS) is 16.2. The summed E-state index contributed by atoms with van der Waals surface area (Å²) in [7, 11) is -3.70. The van der Waals surface area contributed by atoms with E-state index >= 15 is 0 Å². The number of carbonyl (C=O) groups excluding carboxylic acids is 1. The zero-order valence-electron chi connectivity index (χ0n) is 15.8. The van der Waals surface area contributed by atoms with Crippen LogP contribution in [0.15, 0.2) is 41.6 Å². The van der Waals surface area contributed by atoms with Crippen molar-refractivity contribution in [1.82, 2.24) is 19.2 Å². The molecule has 0 spiro atoms. The van der Waals surface area contributed by atoms with Gasteiger partial charge in [-0.3, -0.25) is 4.79 Å². The molecule has 2 aromatic rings. The Morgan fingerprint density at radius 2 is 2.07 bits per heavy atom. The van der Waals surface area contributed by atoms with Crippen LogP contribution in [0.2, 0.25) is 0 Å². The lowest BCUT2D eigenvalue weighted by atomic mass is 9.94. The summed E-state index contributed by atoms with van der Waals surface area (Å²) in [6, 6.07) is 5.05. The Morgan fingerprint density at radius 3 is 2.71 bits per heavy atom. The van der Waals surface area contributed by atoms with Crippen molar-refractivity contribution in [2.24, 2.45) is 5.92 Å². The summed E-state index contributed by atoms with van der Waals surface area (Å²) in [6.07, 6.45) is 5.21. The highest BCUT2D eigenvalue weighted by atomic mass is 32.2. The van der Waals surface area contributed by atoms with Gasteiger partial charge in [-0.2, -0.15) is 4.31 Å². The molecule has 152 valence electrons. The molecule has 1 aliphatic rings. The quantitative estimate of drug-likeness (QED) is 0.759. The molecule has 1 saturated heterocycles. The van der Waals surface area contributed by atoms with Gasteiger partial charge in [0.1, 0.15) is 11.6 Å². The van der Waals surface area contributed by atoms with Crippen molar-refractivity contribution in [3.05, 3.63) is 48.3 Å². The van der Waals surface area contributed by atoms with E-state index in [1.54, 1.807) is 6.20 Å². The monoisotopic (exact) mass is 408 g/mol. The van der Waals surface area contributed by atoms with Gasteiger partial charge in [0.15, 0.2) is 0 Å². The fourth-order valence-electron chi connectivity index (χ4n) is 3.42. The van der Waals surface area contributed by atoms with E-state index in [4.69, 9.17) is 0 Å². The third-order valence-corrected chi connectivity index (χ3v) is 6.97. The van der Waals surface area contributed by atoms with Gasteiger partial charge >= 0.3 is 0 Å². The second kappa shape index (κ2) is 8.83. The summed E-state index contributed by atoms with van der Waals surface area (Å²) >= 11 is 0. The number of benzene rings is 1. The highest BCUT2D eigenvalue weighted by Gasteiger charge is 2.30. The van der Waals surface area contributed by atoms with Gasteiger partial charge in [0, 0.05) is 45.0 Å². The largest absolute Gasteiger partial charge is 0.354 e. The predicted molar refractivity (Wildman–Crippen MR) is 102 cm³/mol. The van der Waals surface area contributed by atoms with Gasteiger partial charge in [-0.15, -0.1) is 0 Å². The Hall–Kier alpha value is -2.26. The number of aryl methyl sites for hydroxylation is 1. The van der Waals surface area contributed by atoms with Crippen LogP contribution in [0.1, 0.15) is 25.1 Å². The summed E-state index contributed by atoms with van der Waals surface area (Å²) in [4.78, 5) is 16.3. The lowest BCUT2D eigenvalue weighted by molar-refractivity contribution is -0.122. The van der Waals surface area contributed by atoms with E-state index in [9.17, 15) is 17.6 Å². The number of hydrogen-bond donors (Lipinski definition) is 1. The van der Waals surface area contributed by atoms with Crippen LogP contribution in [0.4, 0.5) is 4.39 Å². The van der Waals surface area contributed by atoms with Crippen LogP contribution in [0, 0.1) is 18.7 Å². The zero-order valence-corrected chi connectivity index (χ0v) is 16.7. The van der Waals surface area contributed by atoms with Gasteiger partial charge < -0.3 is 9.88 Å². The zero-order chi connectivity index (χ0) is 20.1. The molecule has 1 amide bonds. The van der Waals surface area contributed by atoms with Crippen LogP contribution in [-0.4, -0.2) is 47.8 Å². The maximum Gasteiger partial charge on any atom is 0.243 e. The number of amides is 1. The van der Waals surface area contributed by atoms with Gasteiger partial charge in [-0.25, -0.2) is 17.8 Å². The molecule has 0 radical (unpaired) electrons. The maximum absolute atomic E-state index is 13.4. The van der Waals surface area contributed by atoms with Crippen molar-refractivity contribution in [3.8, 4) is 0 Å². The Morgan fingerprint density at radius 1 is 1.32 bits per heavy atom. The van der Waals surface area contributed by atoms with E-state index in [2.05, 4.69) is 10.3 Å². The molecule has 1 aliphatic heterocycles.